The van der Waals surface area contributed by atoms with Crippen molar-refractivity contribution in [3.05, 3.63) is 70.7 Å². The number of carbonyl (C=O) groups is 2. The predicted molar refractivity (Wildman–Crippen MR) is 125 cm³/mol. The Morgan fingerprint density at radius 3 is 2.63 bits per heavy atom. The van der Waals surface area contributed by atoms with E-state index in [0.717, 1.165) is 29.7 Å². The van der Waals surface area contributed by atoms with Crippen molar-refractivity contribution in [1.82, 2.24) is 5.16 Å². The molecule has 2 aliphatic carbocycles. The number of piperidine rings is 1. The van der Waals surface area contributed by atoms with E-state index < -0.39 is 5.97 Å². The van der Waals surface area contributed by atoms with Crippen LogP contribution in [0, 0.1) is 18.7 Å². The van der Waals surface area contributed by atoms with Gasteiger partial charge in [-0.05, 0) is 68.5 Å². The Kier molecular flexibility index (Phi) is 5.21. The highest BCUT2D eigenvalue weighted by molar-refractivity contribution is 6.00. The first-order valence-corrected chi connectivity index (χ1v) is 11.9. The summed E-state index contributed by atoms with van der Waals surface area (Å²) in [6.45, 7) is 2.06. The quantitative estimate of drug-likeness (QED) is 0.512. The van der Waals surface area contributed by atoms with Crippen molar-refractivity contribution in [3.63, 3.8) is 0 Å². The fourth-order valence-electron chi connectivity index (χ4n) is 5.54. The zero-order chi connectivity index (χ0) is 24.3. The number of fused-ring (bicyclic) bond motifs is 2. The zero-order valence-corrected chi connectivity index (χ0v) is 19.2. The zero-order valence-electron chi connectivity index (χ0n) is 19.2. The summed E-state index contributed by atoms with van der Waals surface area (Å²) < 4.78 is 26.7. The average Bonchev–Trinajstić information content (AvgIpc) is 3.34. The first kappa shape index (κ1) is 22.0. The largest absolute Gasteiger partial charge is 0.478 e. The maximum absolute atomic E-state index is 14.7. The van der Waals surface area contributed by atoms with Gasteiger partial charge in [-0.15, -0.1) is 0 Å². The number of rotatable bonds is 7. The van der Waals surface area contributed by atoms with E-state index in [-0.39, 0.29) is 47.9 Å². The number of ether oxygens (including phenoxy) is 1. The van der Waals surface area contributed by atoms with Gasteiger partial charge in [-0.25, -0.2) is 9.18 Å². The third-order valence-corrected chi connectivity index (χ3v) is 7.46. The van der Waals surface area contributed by atoms with E-state index in [2.05, 4.69) is 5.16 Å². The summed E-state index contributed by atoms with van der Waals surface area (Å²) >= 11 is 0. The van der Waals surface area contributed by atoms with Crippen molar-refractivity contribution < 1.29 is 28.3 Å². The van der Waals surface area contributed by atoms with Crippen molar-refractivity contribution in [2.75, 3.05) is 4.90 Å². The standard InChI is InChI=1S/C27H25FN2O5/c1-14-3-2-4-21(28)23(14)24-20(25(35-29-24)15-5-6-15)13-34-22-12-18-11-19(22)26(31)30(18)17-9-7-16(8-10-17)27(32)33/h2-4,7-10,15,18-19,22H,5-6,11-13H2,1H3,(H,32,33)/t18-,19+,22+/m0/s1. The number of aromatic nitrogens is 1. The van der Waals surface area contributed by atoms with Crippen molar-refractivity contribution in [2.45, 2.75) is 57.3 Å². The third-order valence-electron chi connectivity index (χ3n) is 7.46. The van der Waals surface area contributed by atoms with Crippen molar-refractivity contribution in [3.8, 4) is 11.3 Å². The minimum Gasteiger partial charge on any atom is -0.478 e. The van der Waals surface area contributed by atoms with E-state index in [1.165, 1.54) is 18.2 Å². The first-order chi connectivity index (χ1) is 16.9. The molecule has 1 amide bonds. The molecule has 3 fully saturated rings. The number of nitrogens with zero attached hydrogens (tertiary/aromatic N) is 2. The van der Waals surface area contributed by atoms with Crippen LogP contribution in [0.1, 0.15) is 58.8 Å². The molecule has 0 unspecified atom stereocenters. The van der Waals surface area contributed by atoms with Crippen LogP contribution >= 0.6 is 0 Å². The molecule has 0 radical (unpaired) electrons. The minimum absolute atomic E-state index is 0.00633. The normalized spacial score (nSPS) is 23.3. The SMILES string of the molecule is Cc1cccc(F)c1-c1noc(C2CC2)c1CO[C@@H]1C[C@@H]2C[C@H]1C(=O)N2c1ccc(C(=O)O)cc1. The Morgan fingerprint density at radius 1 is 1.20 bits per heavy atom. The van der Waals surface area contributed by atoms with Crippen LogP contribution in [0.15, 0.2) is 47.0 Å². The lowest BCUT2D eigenvalue weighted by Gasteiger charge is -2.31. The molecule has 1 saturated heterocycles. The summed E-state index contributed by atoms with van der Waals surface area (Å²) in [6, 6.07) is 11.3. The molecule has 180 valence electrons. The molecule has 3 atom stereocenters. The molecule has 0 spiro atoms. The number of aryl methyl sites for hydroxylation is 1. The van der Waals surface area contributed by atoms with E-state index in [1.807, 2.05) is 13.0 Å². The molecule has 7 nitrogen and oxygen atoms in total. The molecular formula is C27H25FN2O5. The molecule has 1 aliphatic heterocycles. The second-order valence-corrected chi connectivity index (χ2v) is 9.72. The summed E-state index contributed by atoms with van der Waals surface area (Å²) in [5.41, 5.74) is 3.36. The lowest BCUT2D eigenvalue weighted by Crippen LogP contribution is -2.43. The van der Waals surface area contributed by atoms with Gasteiger partial charge in [0.25, 0.3) is 0 Å². The molecule has 6 rings (SSSR count). The summed E-state index contributed by atoms with van der Waals surface area (Å²) in [4.78, 5) is 26.1. The van der Waals surface area contributed by atoms with Gasteiger partial charge in [0.05, 0.1) is 24.2 Å². The van der Waals surface area contributed by atoms with Crippen LogP contribution in [-0.4, -0.2) is 34.3 Å². The molecule has 8 heteroatoms. The number of amides is 1. The number of carboxylic acid groups (broad SMARTS) is 1. The van der Waals surface area contributed by atoms with E-state index in [4.69, 9.17) is 14.4 Å². The lowest BCUT2D eigenvalue weighted by atomic mass is 9.99. The fourth-order valence-corrected chi connectivity index (χ4v) is 5.54. The Morgan fingerprint density at radius 2 is 1.97 bits per heavy atom. The van der Waals surface area contributed by atoms with Gasteiger partial charge >= 0.3 is 5.97 Å². The van der Waals surface area contributed by atoms with Crippen molar-refractivity contribution in [2.24, 2.45) is 5.92 Å². The van der Waals surface area contributed by atoms with Gasteiger partial charge in [-0.1, -0.05) is 17.3 Å². The monoisotopic (exact) mass is 476 g/mol. The summed E-state index contributed by atoms with van der Waals surface area (Å²) in [5, 5.41) is 13.4. The number of carbonyl (C=O) groups excluding carboxylic acids is 1. The molecule has 2 saturated carbocycles. The number of hydrogen-bond donors (Lipinski definition) is 1. The maximum atomic E-state index is 14.7. The van der Waals surface area contributed by atoms with Gasteiger partial charge in [-0.3, -0.25) is 4.79 Å². The smallest absolute Gasteiger partial charge is 0.335 e. The molecule has 2 heterocycles. The lowest BCUT2D eigenvalue weighted by molar-refractivity contribution is -0.126. The van der Waals surface area contributed by atoms with E-state index in [1.54, 1.807) is 23.1 Å². The van der Waals surface area contributed by atoms with Crippen LogP contribution in [-0.2, 0) is 16.1 Å². The molecule has 2 aromatic carbocycles. The number of carboxylic acids is 1. The second kappa shape index (κ2) is 8.30. The molecule has 2 bridgehead atoms. The Bertz CT molecular complexity index is 1290. The van der Waals surface area contributed by atoms with Gasteiger partial charge < -0.3 is 19.3 Å². The number of hydrogen-bond acceptors (Lipinski definition) is 5. The molecule has 1 N–H and O–H groups in total. The van der Waals surface area contributed by atoms with Crippen molar-refractivity contribution in [1.29, 1.82) is 0 Å². The second-order valence-electron chi connectivity index (χ2n) is 9.72. The van der Waals surface area contributed by atoms with Gasteiger partial charge in [0.1, 0.15) is 17.3 Å². The van der Waals surface area contributed by atoms with Crippen LogP contribution in [0.2, 0.25) is 0 Å². The van der Waals surface area contributed by atoms with Crippen LogP contribution in [0.5, 0.6) is 0 Å². The fraction of sp³-hybridized carbons (Fsp3) is 0.370. The minimum atomic E-state index is -0.997. The molecule has 1 aromatic heterocycles. The van der Waals surface area contributed by atoms with Gasteiger partial charge in [-0.2, -0.15) is 0 Å². The average molecular weight is 477 g/mol. The highest BCUT2D eigenvalue weighted by Crippen LogP contribution is 2.46. The Balaban J connectivity index is 1.21. The maximum Gasteiger partial charge on any atom is 0.335 e. The van der Waals surface area contributed by atoms with Crippen LogP contribution < -0.4 is 4.90 Å². The number of anilines is 1. The van der Waals surface area contributed by atoms with Gasteiger partial charge in [0.2, 0.25) is 5.91 Å². The van der Waals surface area contributed by atoms with Crippen LogP contribution in [0.4, 0.5) is 10.1 Å². The predicted octanol–water partition coefficient (Wildman–Crippen LogP) is 5.08. The van der Waals surface area contributed by atoms with Crippen molar-refractivity contribution >= 4 is 17.6 Å². The Labute approximate surface area is 201 Å². The summed E-state index contributed by atoms with van der Waals surface area (Å²) in [6.07, 6.45) is 3.18. The highest BCUT2D eigenvalue weighted by Gasteiger charge is 2.52. The molecular weight excluding hydrogens is 451 g/mol. The van der Waals surface area contributed by atoms with Crippen LogP contribution in [0.25, 0.3) is 11.3 Å². The van der Waals surface area contributed by atoms with Crippen LogP contribution in [0.3, 0.4) is 0 Å². The molecule has 35 heavy (non-hydrogen) atoms. The first-order valence-electron chi connectivity index (χ1n) is 11.9. The number of halogens is 1. The van der Waals surface area contributed by atoms with E-state index in [9.17, 15) is 14.0 Å². The summed E-state index contributed by atoms with van der Waals surface area (Å²) in [7, 11) is 0. The molecule has 3 aromatic rings. The topological polar surface area (TPSA) is 92.9 Å². The highest BCUT2D eigenvalue weighted by atomic mass is 19.1. The Hall–Kier alpha value is -3.52. The van der Waals surface area contributed by atoms with Gasteiger partial charge in [0, 0.05) is 28.8 Å². The number of aromatic carboxylic acids is 1. The van der Waals surface area contributed by atoms with E-state index in [0.29, 0.717) is 29.8 Å². The third kappa shape index (κ3) is 3.72. The van der Waals surface area contributed by atoms with Gasteiger partial charge in [0.15, 0.2) is 0 Å². The van der Waals surface area contributed by atoms with E-state index >= 15 is 0 Å². The summed E-state index contributed by atoms with van der Waals surface area (Å²) in [5.74, 6) is -0.565. The number of benzene rings is 2. The molecule has 3 aliphatic rings.